The lowest BCUT2D eigenvalue weighted by Crippen LogP contribution is -2.49. The summed E-state index contributed by atoms with van der Waals surface area (Å²) in [6.07, 6.45) is 6.21. The van der Waals surface area contributed by atoms with Crippen LogP contribution >= 0.6 is 0 Å². The summed E-state index contributed by atoms with van der Waals surface area (Å²) in [7, 11) is 0. The Morgan fingerprint density at radius 3 is 2.42 bits per heavy atom. The highest BCUT2D eigenvalue weighted by molar-refractivity contribution is 5.14. The van der Waals surface area contributed by atoms with E-state index in [1.807, 2.05) is 0 Å². The summed E-state index contributed by atoms with van der Waals surface area (Å²) in [6, 6.07) is 12.4. The molecule has 1 aromatic rings. The zero-order chi connectivity index (χ0) is 13.7. The van der Waals surface area contributed by atoms with E-state index in [1.165, 1.54) is 24.8 Å². The van der Waals surface area contributed by atoms with Crippen molar-refractivity contribution in [3.63, 3.8) is 0 Å². The van der Waals surface area contributed by atoms with Crippen molar-refractivity contribution in [2.24, 2.45) is 5.73 Å². The van der Waals surface area contributed by atoms with Crippen LogP contribution in [0, 0.1) is 0 Å². The van der Waals surface area contributed by atoms with Crippen molar-refractivity contribution in [3.05, 3.63) is 35.9 Å². The molecule has 1 aliphatic heterocycles. The van der Waals surface area contributed by atoms with Gasteiger partial charge in [-0.05, 0) is 45.1 Å². The quantitative estimate of drug-likeness (QED) is 0.881. The zero-order valence-corrected chi connectivity index (χ0v) is 12.4. The molecule has 0 radical (unpaired) electrons. The minimum absolute atomic E-state index is 0.295. The zero-order valence-electron chi connectivity index (χ0n) is 12.4. The molecule has 1 fully saturated rings. The molecule has 0 saturated carbocycles. The van der Waals surface area contributed by atoms with Crippen LogP contribution in [0.15, 0.2) is 30.3 Å². The predicted molar refractivity (Wildman–Crippen MR) is 82.2 cm³/mol. The molecule has 0 spiro atoms. The van der Waals surface area contributed by atoms with Crippen LogP contribution < -0.4 is 5.73 Å². The molecule has 106 valence electrons. The number of rotatable bonds is 5. The van der Waals surface area contributed by atoms with E-state index in [0.717, 1.165) is 19.4 Å². The van der Waals surface area contributed by atoms with E-state index in [2.05, 4.69) is 49.1 Å². The fourth-order valence-corrected chi connectivity index (χ4v) is 3.19. The first kappa shape index (κ1) is 14.5. The highest BCUT2D eigenvalue weighted by Crippen LogP contribution is 2.22. The lowest BCUT2D eigenvalue weighted by atomic mass is 9.96. The molecule has 0 amide bonds. The van der Waals surface area contributed by atoms with E-state index in [1.54, 1.807) is 0 Å². The third kappa shape index (κ3) is 4.32. The Bertz CT molecular complexity index is 353. The third-order valence-corrected chi connectivity index (χ3v) is 4.47. The molecule has 2 nitrogen and oxygen atoms in total. The molecular weight excluding hydrogens is 232 g/mol. The molecular formula is C17H28N2. The van der Waals surface area contributed by atoms with Crippen LogP contribution in [-0.2, 0) is 6.42 Å². The van der Waals surface area contributed by atoms with E-state index in [-0.39, 0.29) is 0 Å². The maximum absolute atomic E-state index is 6.34. The summed E-state index contributed by atoms with van der Waals surface area (Å²) < 4.78 is 0. The Labute approximate surface area is 118 Å². The summed E-state index contributed by atoms with van der Waals surface area (Å²) in [5.74, 6) is 0. The van der Waals surface area contributed by atoms with Crippen LogP contribution in [-0.4, -0.2) is 29.6 Å². The van der Waals surface area contributed by atoms with Gasteiger partial charge in [0.2, 0.25) is 0 Å². The van der Waals surface area contributed by atoms with Crippen molar-refractivity contribution >= 4 is 0 Å². The fraction of sp³-hybridized carbons (Fsp3) is 0.647. The molecule has 2 rings (SSSR count). The highest BCUT2D eigenvalue weighted by atomic mass is 15.2. The molecule has 1 saturated heterocycles. The summed E-state index contributed by atoms with van der Waals surface area (Å²) in [6.45, 7) is 5.74. The lowest BCUT2D eigenvalue weighted by molar-refractivity contribution is 0.0950. The normalized spacial score (nSPS) is 26.3. The standard InChI is InChI=1S/C17H28N2/c1-14-7-6-8-15(2)19(14)13-17(18)12-11-16-9-4-3-5-10-16/h3-5,9-10,14-15,17H,6-8,11-13,18H2,1-2H3. The van der Waals surface area contributed by atoms with Crippen LogP contribution in [0.1, 0.15) is 45.1 Å². The molecule has 19 heavy (non-hydrogen) atoms. The minimum atomic E-state index is 0.295. The van der Waals surface area contributed by atoms with Crippen LogP contribution in [0.2, 0.25) is 0 Å². The topological polar surface area (TPSA) is 29.3 Å². The van der Waals surface area contributed by atoms with E-state index in [4.69, 9.17) is 5.73 Å². The summed E-state index contributed by atoms with van der Waals surface area (Å²) in [5.41, 5.74) is 7.74. The van der Waals surface area contributed by atoms with Gasteiger partial charge in [0, 0.05) is 24.7 Å². The van der Waals surface area contributed by atoms with Crippen molar-refractivity contribution in [2.45, 2.75) is 64.1 Å². The lowest BCUT2D eigenvalue weighted by Gasteiger charge is -2.40. The first-order chi connectivity index (χ1) is 9.16. The Morgan fingerprint density at radius 2 is 1.79 bits per heavy atom. The maximum Gasteiger partial charge on any atom is 0.0171 e. The van der Waals surface area contributed by atoms with Gasteiger partial charge in [-0.15, -0.1) is 0 Å². The molecule has 1 heterocycles. The molecule has 3 unspecified atom stereocenters. The number of likely N-dealkylation sites (tertiary alicyclic amines) is 1. The van der Waals surface area contributed by atoms with E-state index < -0.39 is 0 Å². The number of hydrogen-bond donors (Lipinski definition) is 1. The van der Waals surface area contributed by atoms with Gasteiger partial charge in [0.05, 0.1) is 0 Å². The van der Waals surface area contributed by atoms with E-state index in [9.17, 15) is 0 Å². The molecule has 2 N–H and O–H groups in total. The molecule has 0 bridgehead atoms. The number of nitrogens with zero attached hydrogens (tertiary/aromatic N) is 1. The van der Waals surface area contributed by atoms with Crippen LogP contribution in [0.4, 0.5) is 0 Å². The maximum atomic E-state index is 6.34. The Morgan fingerprint density at radius 1 is 1.16 bits per heavy atom. The predicted octanol–water partition coefficient (Wildman–Crippen LogP) is 3.21. The van der Waals surface area contributed by atoms with Crippen LogP contribution in [0.5, 0.6) is 0 Å². The fourth-order valence-electron chi connectivity index (χ4n) is 3.19. The average Bonchev–Trinajstić information content (AvgIpc) is 2.42. The third-order valence-electron chi connectivity index (χ3n) is 4.47. The summed E-state index contributed by atoms with van der Waals surface area (Å²) >= 11 is 0. The van der Waals surface area contributed by atoms with Crippen LogP contribution in [0.25, 0.3) is 0 Å². The first-order valence-corrected chi connectivity index (χ1v) is 7.72. The number of benzene rings is 1. The Balaban J connectivity index is 1.78. The van der Waals surface area contributed by atoms with Gasteiger partial charge in [-0.25, -0.2) is 0 Å². The molecule has 0 aliphatic carbocycles. The Kier molecular flexibility index (Phi) is 5.41. The minimum Gasteiger partial charge on any atom is -0.327 e. The van der Waals surface area contributed by atoms with Gasteiger partial charge in [-0.3, -0.25) is 4.90 Å². The molecule has 1 aliphatic rings. The van der Waals surface area contributed by atoms with Gasteiger partial charge >= 0.3 is 0 Å². The molecule has 3 atom stereocenters. The highest BCUT2D eigenvalue weighted by Gasteiger charge is 2.25. The molecule has 0 aromatic heterocycles. The average molecular weight is 260 g/mol. The first-order valence-electron chi connectivity index (χ1n) is 7.72. The number of hydrogen-bond acceptors (Lipinski definition) is 2. The smallest absolute Gasteiger partial charge is 0.0171 e. The second-order valence-corrected chi connectivity index (χ2v) is 6.11. The second kappa shape index (κ2) is 7.06. The van der Waals surface area contributed by atoms with Crippen molar-refractivity contribution in [1.29, 1.82) is 0 Å². The van der Waals surface area contributed by atoms with E-state index >= 15 is 0 Å². The Hall–Kier alpha value is -0.860. The summed E-state index contributed by atoms with van der Waals surface area (Å²) in [5, 5.41) is 0. The second-order valence-electron chi connectivity index (χ2n) is 6.11. The van der Waals surface area contributed by atoms with Gasteiger partial charge in [0.1, 0.15) is 0 Å². The number of aryl methyl sites for hydroxylation is 1. The van der Waals surface area contributed by atoms with Crippen molar-refractivity contribution in [3.8, 4) is 0 Å². The van der Waals surface area contributed by atoms with Crippen molar-refractivity contribution in [2.75, 3.05) is 6.54 Å². The van der Waals surface area contributed by atoms with Gasteiger partial charge in [-0.1, -0.05) is 36.8 Å². The molecule has 2 heteroatoms. The van der Waals surface area contributed by atoms with Crippen molar-refractivity contribution < 1.29 is 0 Å². The SMILES string of the molecule is CC1CCCC(C)N1CC(N)CCc1ccccc1. The van der Waals surface area contributed by atoms with Gasteiger partial charge in [0.25, 0.3) is 0 Å². The van der Waals surface area contributed by atoms with Gasteiger partial charge in [-0.2, -0.15) is 0 Å². The monoisotopic (exact) mass is 260 g/mol. The number of piperidine rings is 1. The van der Waals surface area contributed by atoms with Crippen molar-refractivity contribution in [1.82, 2.24) is 4.90 Å². The van der Waals surface area contributed by atoms with Gasteiger partial charge in [0.15, 0.2) is 0 Å². The number of nitrogens with two attached hydrogens (primary N) is 1. The van der Waals surface area contributed by atoms with Crippen LogP contribution in [0.3, 0.4) is 0 Å². The van der Waals surface area contributed by atoms with Gasteiger partial charge < -0.3 is 5.73 Å². The largest absolute Gasteiger partial charge is 0.327 e. The molecule has 1 aromatic carbocycles. The summed E-state index contributed by atoms with van der Waals surface area (Å²) in [4.78, 5) is 2.61. The van der Waals surface area contributed by atoms with E-state index in [0.29, 0.717) is 18.1 Å².